The number of halogens is 2. The van der Waals surface area contributed by atoms with Gasteiger partial charge in [-0.1, -0.05) is 0 Å². The second kappa shape index (κ2) is 6.68. The molecule has 3 N–H and O–H groups in total. The second-order valence-corrected chi connectivity index (χ2v) is 6.73. The molecule has 0 unspecified atom stereocenters. The van der Waals surface area contributed by atoms with Gasteiger partial charge in [0.2, 0.25) is 5.43 Å². The molecule has 0 radical (unpaired) electrons. The van der Waals surface area contributed by atoms with E-state index in [9.17, 15) is 19.1 Å². The monoisotopic (exact) mass is 365 g/mol. The van der Waals surface area contributed by atoms with Crippen LogP contribution in [-0.4, -0.2) is 34.8 Å². The lowest BCUT2D eigenvalue weighted by atomic mass is 10.0. The number of fused-ring (bicyclic) bond motifs is 1. The molecule has 0 spiro atoms. The van der Waals surface area contributed by atoms with E-state index in [1.54, 1.807) is 11.8 Å². The maximum Gasteiger partial charge on any atom is 0.341 e. The first-order valence-corrected chi connectivity index (χ1v) is 8.55. The summed E-state index contributed by atoms with van der Waals surface area (Å²) in [6.45, 7) is 4.70. The largest absolute Gasteiger partial charge is 0.477 e. The molecular weight excluding hydrogens is 344 g/mol. The number of carboxylic acid groups (broad SMARTS) is 1. The molecule has 2 atom stereocenters. The maximum atomic E-state index is 15.3. The Hall–Kier alpha value is -2.48. The first-order chi connectivity index (χ1) is 12.3. The third-order valence-electron chi connectivity index (χ3n) is 5.09. The van der Waals surface area contributed by atoms with Gasteiger partial charge in [-0.15, -0.1) is 0 Å². The summed E-state index contributed by atoms with van der Waals surface area (Å²) in [5.41, 5.74) is 4.23. The number of pyridine rings is 1. The van der Waals surface area contributed by atoms with Gasteiger partial charge in [-0.25, -0.2) is 13.6 Å². The molecule has 3 rings (SSSR count). The average Bonchev–Trinajstić information content (AvgIpc) is 3.05. The molecule has 26 heavy (non-hydrogen) atoms. The Morgan fingerprint density at radius 3 is 2.69 bits per heavy atom. The van der Waals surface area contributed by atoms with Crippen molar-refractivity contribution in [1.29, 1.82) is 0 Å². The van der Waals surface area contributed by atoms with E-state index in [1.807, 2.05) is 6.92 Å². The lowest BCUT2D eigenvalue weighted by molar-refractivity contribution is 0.0695. The minimum absolute atomic E-state index is 0.0804. The van der Waals surface area contributed by atoms with Gasteiger partial charge < -0.3 is 20.3 Å². The van der Waals surface area contributed by atoms with Crippen LogP contribution < -0.4 is 16.1 Å². The number of hydrogen-bond acceptors (Lipinski definition) is 4. The van der Waals surface area contributed by atoms with Crippen LogP contribution in [0.25, 0.3) is 10.9 Å². The van der Waals surface area contributed by atoms with Gasteiger partial charge in [-0.3, -0.25) is 4.79 Å². The van der Waals surface area contributed by atoms with Crippen LogP contribution in [0.5, 0.6) is 0 Å². The molecule has 1 aliphatic rings. The number of carbonyl (C=O) groups is 1. The predicted octanol–water partition coefficient (Wildman–Crippen LogP) is 2.17. The predicted molar refractivity (Wildman–Crippen MR) is 94.7 cm³/mol. The molecule has 8 heteroatoms. The minimum atomic E-state index is -1.43. The first-order valence-electron chi connectivity index (χ1n) is 8.55. The summed E-state index contributed by atoms with van der Waals surface area (Å²) in [5, 5.41) is 8.90. The Morgan fingerprint density at radius 2 is 2.15 bits per heavy atom. The summed E-state index contributed by atoms with van der Waals surface area (Å²) in [5.74, 6) is -3.01. The number of carboxylic acids is 1. The van der Waals surface area contributed by atoms with Crippen molar-refractivity contribution in [2.45, 2.75) is 32.9 Å². The Kier molecular flexibility index (Phi) is 4.70. The van der Waals surface area contributed by atoms with E-state index in [0.717, 1.165) is 18.7 Å². The van der Waals surface area contributed by atoms with Crippen LogP contribution in [-0.2, 0) is 6.54 Å². The van der Waals surface area contributed by atoms with Crippen molar-refractivity contribution in [2.75, 3.05) is 18.0 Å². The van der Waals surface area contributed by atoms with E-state index in [1.165, 1.54) is 4.57 Å². The summed E-state index contributed by atoms with van der Waals surface area (Å²) >= 11 is 0. The highest BCUT2D eigenvalue weighted by atomic mass is 19.1. The average molecular weight is 365 g/mol. The molecule has 0 bridgehead atoms. The lowest BCUT2D eigenvalue weighted by Crippen LogP contribution is -2.30. The van der Waals surface area contributed by atoms with Gasteiger partial charge in [0.25, 0.3) is 0 Å². The van der Waals surface area contributed by atoms with Crippen LogP contribution in [0.1, 0.15) is 30.6 Å². The quantitative estimate of drug-likeness (QED) is 0.867. The van der Waals surface area contributed by atoms with Crippen molar-refractivity contribution >= 4 is 22.6 Å². The highest BCUT2D eigenvalue weighted by molar-refractivity contribution is 5.93. The zero-order valence-electron chi connectivity index (χ0n) is 14.6. The van der Waals surface area contributed by atoms with E-state index < -0.39 is 28.6 Å². The number of aromatic nitrogens is 1. The molecular formula is C18H21F2N3O3. The fraction of sp³-hybridized carbons (Fsp3) is 0.444. The molecule has 1 fully saturated rings. The molecule has 140 valence electrons. The molecule has 0 saturated carbocycles. The molecule has 2 heterocycles. The molecule has 2 aromatic rings. The van der Waals surface area contributed by atoms with Gasteiger partial charge in [0.1, 0.15) is 17.1 Å². The molecule has 1 aliphatic heterocycles. The SMILES string of the molecule is CCn1cc(C(=O)O)c(=O)c2cc(F)c(N3CC[C@@H]([C@@H](C)N)C3)c(F)c21. The van der Waals surface area contributed by atoms with Crippen LogP contribution in [0.4, 0.5) is 14.5 Å². The van der Waals surface area contributed by atoms with Crippen molar-refractivity contribution in [2.24, 2.45) is 11.7 Å². The third-order valence-corrected chi connectivity index (χ3v) is 5.09. The Balaban J connectivity index is 2.24. The van der Waals surface area contributed by atoms with Gasteiger partial charge in [-0.2, -0.15) is 0 Å². The van der Waals surface area contributed by atoms with Crippen LogP contribution >= 0.6 is 0 Å². The topological polar surface area (TPSA) is 88.6 Å². The van der Waals surface area contributed by atoms with E-state index in [2.05, 4.69) is 0 Å². The lowest BCUT2D eigenvalue weighted by Gasteiger charge is -2.23. The summed E-state index contributed by atoms with van der Waals surface area (Å²) in [6, 6.07) is 0.854. The highest BCUT2D eigenvalue weighted by Gasteiger charge is 2.31. The number of nitrogens with zero attached hydrogens (tertiary/aromatic N) is 2. The molecule has 0 amide bonds. The van der Waals surface area contributed by atoms with Gasteiger partial charge in [-0.05, 0) is 32.3 Å². The summed E-state index contributed by atoms with van der Waals surface area (Å²) in [7, 11) is 0. The summed E-state index contributed by atoms with van der Waals surface area (Å²) < 4.78 is 31.3. The van der Waals surface area contributed by atoms with Gasteiger partial charge in [0, 0.05) is 31.9 Å². The Labute approximate surface area is 148 Å². The van der Waals surface area contributed by atoms with Crippen molar-refractivity contribution in [3.63, 3.8) is 0 Å². The summed E-state index contributed by atoms with van der Waals surface area (Å²) in [4.78, 5) is 25.2. The number of nitrogens with two attached hydrogens (primary N) is 1. The number of aromatic carboxylic acids is 1. The van der Waals surface area contributed by atoms with E-state index in [4.69, 9.17) is 5.73 Å². The molecule has 1 saturated heterocycles. The Morgan fingerprint density at radius 1 is 1.46 bits per heavy atom. The first kappa shape index (κ1) is 18.3. The van der Waals surface area contributed by atoms with Crippen LogP contribution in [0, 0.1) is 17.6 Å². The fourth-order valence-corrected chi connectivity index (χ4v) is 3.59. The van der Waals surface area contributed by atoms with Gasteiger partial charge in [0.15, 0.2) is 5.82 Å². The van der Waals surface area contributed by atoms with Crippen LogP contribution in [0.3, 0.4) is 0 Å². The number of aryl methyl sites for hydroxylation is 1. The van der Waals surface area contributed by atoms with Crippen LogP contribution in [0.15, 0.2) is 17.1 Å². The molecule has 1 aromatic heterocycles. The van der Waals surface area contributed by atoms with E-state index in [-0.39, 0.29) is 35.1 Å². The number of rotatable bonds is 4. The second-order valence-electron chi connectivity index (χ2n) is 6.73. The van der Waals surface area contributed by atoms with E-state index in [0.29, 0.717) is 13.1 Å². The van der Waals surface area contributed by atoms with Crippen molar-refractivity contribution in [3.05, 3.63) is 39.7 Å². The van der Waals surface area contributed by atoms with E-state index >= 15 is 4.39 Å². The summed E-state index contributed by atoms with van der Waals surface area (Å²) in [6.07, 6.45) is 1.83. The molecule has 0 aliphatic carbocycles. The standard InChI is InChI=1S/C18H21F2N3O3/c1-3-22-8-12(18(25)26)17(24)11-6-13(19)16(14(20)15(11)22)23-5-4-10(7-23)9(2)21/h6,8-10H,3-5,7,21H2,1-2H3,(H,25,26)/t9-,10-/m1/s1. The minimum Gasteiger partial charge on any atom is -0.477 e. The van der Waals surface area contributed by atoms with Gasteiger partial charge in [0.05, 0.1) is 10.9 Å². The smallest absolute Gasteiger partial charge is 0.341 e. The number of benzene rings is 1. The van der Waals surface area contributed by atoms with Crippen molar-refractivity contribution in [1.82, 2.24) is 4.57 Å². The zero-order valence-corrected chi connectivity index (χ0v) is 14.6. The number of anilines is 1. The van der Waals surface area contributed by atoms with Gasteiger partial charge >= 0.3 is 5.97 Å². The fourth-order valence-electron chi connectivity index (χ4n) is 3.59. The van der Waals surface area contributed by atoms with Crippen molar-refractivity contribution < 1.29 is 18.7 Å². The molecule has 6 nitrogen and oxygen atoms in total. The van der Waals surface area contributed by atoms with Crippen LogP contribution in [0.2, 0.25) is 0 Å². The third kappa shape index (κ3) is 2.84. The normalized spacial score (nSPS) is 18.5. The zero-order chi connectivity index (χ0) is 19.2. The van der Waals surface area contributed by atoms with Crippen molar-refractivity contribution in [3.8, 4) is 0 Å². The maximum absolute atomic E-state index is 15.3. The molecule has 1 aromatic carbocycles. The Bertz CT molecular complexity index is 940. The number of hydrogen-bond donors (Lipinski definition) is 2. The highest BCUT2D eigenvalue weighted by Crippen LogP contribution is 2.33.